The molecule has 7 nitrogen and oxygen atoms in total. The molecule has 0 aliphatic heterocycles. The summed E-state index contributed by atoms with van der Waals surface area (Å²) >= 11 is 4.64. The summed E-state index contributed by atoms with van der Waals surface area (Å²) in [6.45, 7) is 0. The van der Waals surface area contributed by atoms with Gasteiger partial charge in [-0.3, -0.25) is 30.6 Å². The molecule has 2 amide bonds. The fourth-order valence-electron chi connectivity index (χ4n) is 1.68. The van der Waals surface area contributed by atoms with Gasteiger partial charge in [-0.15, -0.1) is 11.8 Å². The van der Waals surface area contributed by atoms with Crippen molar-refractivity contribution in [2.24, 2.45) is 0 Å². The van der Waals surface area contributed by atoms with Crippen molar-refractivity contribution in [2.75, 3.05) is 5.75 Å². The van der Waals surface area contributed by atoms with Gasteiger partial charge in [-0.05, 0) is 30.3 Å². The molecule has 2 N–H and O–H groups in total. The largest absolute Gasteiger partial charge is 0.272 e. The molecule has 0 heterocycles. The summed E-state index contributed by atoms with van der Waals surface area (Å²) in [6.07, 6.45) is 0. The van der Waals surface area contributed by atoms with Crippen LogP contribution in [0.1, 0.15) is 10.4 Å². The summed E-state index contributed by atoms with van der Waals surface area (Å²) in [7, 11) is 0. The molecule has 0 aromatic heterocycles. The second kappa shape index (κ2) is 8.46. The monoisotopic (exact) mass is 409 g/mol. The topological polar surface area (TPSA) is 101 Å². The zero-order valence-electron chi connectivity index (χ0n) is 12.2. The van der Waals surface area contributed by atoms with Gasteiger partial charge >= 0.3 is 0 Å². The average molecular weight is 410 g/mol. The molecule has 0 aliphatic carbocycles. The molecule has 2 aromatic rings. The number of non-ortho nitro benzene ring substituents is 1. The Morgan fingerprint density at radius 1 is 1.12 bits per heavy atom. The third-order valence-corrected chi connectivity index (χ3v) is 4.36. The maximum absolute atomic E-state index is 11.9. The van der Waals surface area contributed by atoms with E-state index in [0.29, 0.717) is 0 Å². The molecule has 0 saturated heterocycles. The predicted octanol–water partition coefficient (Wildman–Crippen LogP) is 2.91. The van der Waals surface area contributed by atoms with Crippen LogP contribution in [-0.4, -0.2) is 22.5 Å². The number of nitro groups is 1. The highest BCUT2D eigenvalue weighted by Crippen LogP contribution is 2.20. The highest BCUT2D eigenvalue weighted by molar-refractivity contribution is 9.10. The van der Waals surface area contributed by atoms with Crippen LogP contribution < -0.4 is 10.9 Å². The number of nitrogens with one attached hydrogen (secondary N) is 2. The number of benzene rings is 2. The molecule has 0 radical (unpaired) electrons. The first kappa shape index (κ1) is 18.0. The molecule has 0 bridgehead atoms. The molecule has 0 fully saturated rings. The number of hydrogen-bond acceptors (Lipinski definition) is 5. The maximum atomic E-state index is 11.9. The van der Waals surface area contributed by atoms with Crippen LogP contribution in [0.5, 0.6) is 0 Å². The van der Waals surface area contributed by atoms with Gasteiger partial charge in [0.2, 0.25) is 5.91 Å². The molecule has 2 aromatic carbocycles. The number of thioether (sulfide) groups is 1. The van der Waals surface area contributed by atoms with Crippen LogP contribution in [0, 0.1) is 10.1 Å². The van der Waals surface area contributed by atoms with E-state index < -0.39 is 10.8 Å². The van der Waals surface area contributed by atoms with E-state index in [9.17, 15) is 19.7 Å². The van der Waals surface area contributed by atoms with Gasteiger partial charge in [0.05, 0.1) is 10.7 Å². The van der Waals surface area contributed by atoms with Crippen molar-refractivity contribution in [3.05, 3.63) is 68.7 Å². The van der Waals surface area contributed by atoms with E-state index in [0.717, 1.165) is 15.4 Å². The Morgan fingerprint density at radius 2 is 1.83 bits per heavy atom. The van der Waals surface area contributed by atoms with E-state index in [1.165, 1.54) is 30.0 Å². The highest BCUT2D eigenvalue weighted by atomic mass is 79.9. The lowest BCUT2D eigenvalue weighted by atomic mass is 10.2. The fourth-order valence-corrected chi connectivity index (χ4v) is 2.64. The number of nitro benzene ring substituents is 1. The molecular formula is C15H12BrN3O4S. The Kier molecular flexibility index (Phi) is 6.33. The maximum Gasteiger partial charge on any atom is 0.270 e. The number of hydrazine groups is 1. The Bertz CT molecular complexity index is 768. The number of rotatable bonds is 5. The Labute approximate surface area is 150 Å². The van der Waals surface area contributed by atoms with E-state index >= 15 is 0 Å². The highest BCUT2D eigenvalue weighted by Gasteiger charge is 2.12. The van der Waals surface area contributed by atoms with Crippen LogP contribution in [0.4, 0.5) is 5.69 Å². The molecule has 0 unspecified atom stereocenters. The lowest BCUT2D eigenvalue weighted by Gasteiger charge is -2.07. The van der Waals surface area contributed by atoms with Gasteiger partial charge in [0.15, 0.2) is 0 Å². The van der Waals surface area contributed by atoms with Crippen LogP contribution in [0.15, 0.2) is 57.9 Å². The van der Waals surface area contributed by atoms with Gasteiger partial charge in [-0.1, -0.05) is 22.0 Å². The third kappa shape index (κ3) is 5.36. The first-order chi connectivity index (χ1) is 11.5. The van der Waals surface area contributed by atoms with Crippen LogP contribution in [0.25, 0.3) is 0 Å². The molecule has 0 spiro atoms. The summed E-state index contributed by atoms with van der Waals surface area (Å²) in [4.78, 5) is 34.6. The Morgan fingerprint density at radius 3 is 2.50 bits per heavy atom. The normalized spacial score (nSPS) is 10.0. The summed E-state index contributed by atoms with van der Waals surface area (Å²) in [5.74, 6) is -0.890. The SMILES string of the molecule is O=C(CSc1ccc(Br)cc1)NNC(=O)c1cccc([N+](=O)[O-])c1. The van der Waals surface area contributed by atoms with Crippen molar-refractivity contribution in [3.8, 4) is 0 Å². The van der Waals surface area contributed by atoms with Crippen molar-refractivity contribution in [2.45, 2.75) is 4.90 Å². The van der Waals surface area contributed by atoms with Crippen molar-refractivity contribution >= 4 is 45.2 Å². The second-order valence-electron chi connectivity index (χ2n) is 4.55. The minimum absolute atomic E-state index is 0.0880. The lowest BCUT2D eigenvalue weighted by Crippen LogP contribution is -2.42. The second-order valence-corrected chi connectivity index (χ2v) is 6.52. The molecule has 2 rings (SSSR count). The number of carbonyl (C=O) groups is 2. The smallest absolute Gasteiger partial charge is 0.270 e. The van der Waals surface area contributed by atoms with Crippen LogP contribution in [0.2, 0.25) is 0 Å². The number of hydrogen-bond donors (Lipinski definition) is 2. The number of halogens is 1. The fraction of sp³-hybridized carbons (Fsp3) is 0.0667. The van der Waals surface area contributed by atoms with Gasteiger partial charge in [-0.2, -0.15) is 0 Å². The van der Waals surface area contributed by atoms with Gasteiger partial charge < -0.3 is 0 Å². The summed E-state index contributed by atoms with van der Waals surface area (Å²) < 4.78 is 0.945. The summed E-state index contributed by atoms with van der Waals surface area (Å²) in [6, 6.07) is 12.7. The van der Waals surface area contributed by atoms with Crippen LogP contribution >= 0.6 is 27.7 Å². The molecule has 0 aliphatic rings. The van der Waals surface area contributed by atoms with Gasteiger partial charge in [0.25, 0.3) is 11.6 Å². The lowest BCUT2D eigenvalue weighted by molar-refractivity contribution is -0.384. The molecular weight excluding hydrogens is 398 g/mol. The molecule has 9 heteroatoms. The third-order valence-electron chi connectivity index (χ3n) is 2.82. The average Bonchev–Trinajstić information content (AvgIpc) is 2.59. The van der Waals surface area contributed by atoms with Gasteiger partial charge in [-0.25, -0.2) is 0 Å². The van der Waals surface area contributed by atoms with Crippen LogP contribution in [-0.2, 0) is 4.79 Å². The zero-order chi connectivity index (χ0) is 17.5. The van der Waals surface area contributed by atoms with Crippen molar-refractivity contribution in [1.82, 2.24) is 10.9 Å². The van der Waals surface area contributed by atoms with Gasteiger partial charge in [0, 0.05) is 27.1 Å². The molecule has 24 heavy (non-hydrogen) atoms. The Hall–Kier alpha value is -2.39. The summed E-state index contributed by atoms with van der Waals surface area (Å²) in [5.41, 5.74) is 4.39. The molecule has 0 atom stereocenters. The van der Waals surface area contributed by atoms with E-state index in [4.69, 9.17) is 0 Å². The minimum atomic E-state index is -0.624. The quantitative estimate of drug-likeness (QED) is 0.449. The zero-order valence-corrected chi connectivity index (χ0v) is 14.6. The number of carbonyl (C=O) groups excluding carboxylic acids is 2. The van der Waals surface area contributed by atoms with Crippen molar-refractivity contribution in [3.63, 3.8) is 0 Å². The predicted molar refractivity (Wildman–Crippen MR) is 93.6 cm³/mol. The standard InChI is InChI=1S/C15H12BrN3O4S/c16-11-4-6-13(7-5-11)24-9-14(20)17-18-15(21)10-2-1-3-12(8-10)19(22)23/h1-8H,9H2,(H,17,20)(H,18,21). The Balaban J connectivity index is 1.82. The van der Waals surface area contributed by atoms with E-state index in [1.54, 1.807) is 0 Å². The first-order valence-electron chi connectivity index (χ1n) is 6.68. The van der Waals surface area contributed by atoms with Crippen molar-refractivity contribution < 1.29 is 14.5 Å². The first-order valence-corrected chi connectivity index (χ1v) is 8.45. The molecule has 124 valence electrons. The van der Waals surface area contributed by atoms with Gasteiger partial charge in [0.1, 0.15) is 0 Å². The molecule has 0 saturated carbocycles. The number of nitrogens with zero attached hydrogens (tertiary/aromatic N) is 1. The van der Waals surface area contributed by atoms with E-state index in [2.05, 4.69) is 26.8 Å². The summed E-state index contributed by atoms with van der Waals surface area (Å²) in [5, 5.41) is 10.7. The minimum Gasteiger partial charge on any atom is -0.272 e. The van der Waals surface area contributed by atoms with E-state index in [1.807, 2.05) is 24.3 Å². The van der Waals surface area contributed by atoms with Crippen LogP contribution in [0.3, 0.4) is 0 Å². The van der Waals surface area contributed by atoms with E-state index in [-0.39, 0.29) is 22.9 Å². The van der Waals surface area contributed by atoms with Crippen molar-refractivity contribution in [1.29, 1.82) is 0 Å². The number of amides is 2.